The molecule has 0 spiro atoms. The van der Waals surface area contributed by atoms with Crippen molar-refractivity contribution in [2.24, 2.45) is 0 Å². The summed E-state index contributed by atoms with van der Waals surface area (Å²) in [5.74, 6) is 1.32. The number of likely N-dealkylation sites (tertiary alicyclic amines) is 1. The number of hydrogen-bond donors (Lipinski definition) is 0. The summed E-state index contributed by atoms with van der Waals surface area (Å²) in [6.07, 6.45) is 2.33. The van der Waals surface area contributed by atoms with Crippen molar-refractivity contribution in [1.29, 1.82) is 0 Å². The molecule has 1 atom stereocenters. The molecule has 1 aliphatic heterocycles. The fourth-order valence-electron chi connectivity index (χ4n) is 2.90. The second-order valence-corrected chi connectivity index (χ2v) is 6.43. The van der Waals surface area contributed by atoms with E-state index in [1.165, 1.54) is 16.1 Å². The van der Waals surface area contributed by atoms with Crippen LogP contribution in [0.15, 0.2) is 28.7 Å². The van der Waals surface area contributed by atoms with Crippen LogP contribution in [0.2, 0.25) is 0 Å². The van der Waals surface area contributed by atoms with E-state index < -0.39 is 0 Å². The Hall–Kier alpha value is -1.79. The van der Waals surface area contributed by atoms with Gasteiger partial charge in [0.2, 0.25) is 11.8 Å². The first-order valence-electron chi connectivity index (χ1n) is 7.18. The van der Waals surface area contributed by atoms with Crippen LogP contribution in [0.25, 0.3) is 10.2 Å². The van der Waals surface area contributed by atoms with E-state index in [2.05, 4.69) is 33.3 Å². The SMILES string of the molecule is Cc1nnc(CN2CCCC2c2nc3ccccc3s2)o1. The Morgan fingerprint density at radius 1 is 1.33 bits per heavy atom. The first kappa shape index (κ1) is 12.9. The molecule has 4 rings (SSSR count). The molecule has 0 saturated carbocycles. The quantitative estimate of drug-likeness (QED) is 0.742. The number of thiazole rings is 1. The molecular weight excluding hydrogens is 284 g/mol. The first-order chi connectivity index (χ1) is 10.3. The second kappa shape index (κ2) is 5.20. The normalized spacial score (nSPS) is 19.6. The van der Waals surface area contributed by atoms with E-state index in [0.717, 1.165) is 18.5 Å². The molecule has 1 aromatic carbocycles. The van der Waals surface area contributed by atoms with Crippen molar-refractivity contribution in [1.82, 2.24) is 20.1 Å². The van der Waals surface area contributed by atoms with Crippen LogP contribution in [-0.2, 0) is 6.54 Å². The average Bonchev–Trinajstić information content (AvgIpc) is 3.18. The van der Waals surface area contributed by atoms with Gasteiger partial charge in [0, 0.05) is 6.92 Å². The summed E-state index contributed by atoms with van der Waals surface area (Å²) in [5.41, 5.74) is 1.10. The lowest BCUT2D eigenvalue weighted by molar-refractivity contribution is 0.222. The van der Waals surface area contributed by atoms with Gasteiger partial charge in [-0.25, -0.2) is 4.98 Å². The molecule has 3 heterocycles. The van der Waals surface area contributed by atoms with Gasteiger partial charge in [-0.3, -0.25) is 4.90 Å². The van der Waals surface area contributed by atoms with E-state index in [1.54, 1.807) is 11.3 Å². The zero-order valence-electron chi connectivity index (χ0n) is 11.8. The Labute approximate surface area is 126 Å². The summed E-state index contributed by atoms with van der Waals surface area (Å²) < 4.78 is 6.77. The molecule has 0 radical (unpaired) electrons. The van der Waals surface area contributed by atoms with Gasteiger partial charge in [-0.2, -0.15) is 0 Å². The summed E-state index contributed by atoms with van der Waals surface area (Å²) in [4.78, 5) is 7.20. The third-order valence-corrected chi connectivity index (χ3v) is 5.00. The number of benzene rings is 1. The molecule has 108 valence electrons. The van der Waals surface area contributed by atoms with Crippen molar-refractivity contribution >= 4 is 21.6 Å². The monoisotopic (exact) mass is 300 g/mol. The fraction of sp³-hybridized carbons (Fsp3) is 0.400. The number of aromatic nitrogens is 3. The van der Waals surface area contributed by atoms with Crippen molar-refractivity contribution < 1.29 is 4.42 Å². The van der Waals surface area contributed by atoms with E-state index in [1.807, 2.05) is 13.0 Å². The highest BCUT2D eigenvalue weighted by molar-refractivity contribution is 7.18. The van der Waals surface area contributed by atoms with E-state index in [4.69, 9.17) is 9.40 Å². The maximum atomic E-state index is 5.51. The maximum Gasteiger partial charge on any atom is 0.230 e. The van der Waals surface area contributed by atoms with Gasteiger partial charge in [0.15, 0.2) is 0 Å². The maximum absolute atomic E-state index is 5.51. The molecule has 0 bridgehead atoms. The Bertz CT molecular complexity index is 733. The molecule has 6 heteroatoms. The molecule has 0 N–H and O–H groups in total. The lowest BCUT2D eigenvalue weighted by Gasteiger charge is -2.20. The van der Waals surface area contributed by atoms with Crippen LogP contribution < -0.4 is 0 Å². The highest BCUT2D eigenvalue weighted by Gasteiger charge is 2.29. The van der Waals surface area contributed by atoms with Crippen molar-refractivity contribution in [3.63, 3.8) is 0 Å². The van der Waals surface area contributed by atoms with Gasteiger partial charge in [-0.15, -0.1) is 21.5 Å². The number of para-hydroxylation sites is 1. The van der Waals surface area contributed by atoms with Crippen LogP contribution in [-0.4, -0.2) is 26.6 Å². The van der Waals surface area contributed by atoms with Gasteiger partial charge >= 0.3 is 0 Å². The molecule has 3 aromatic rings. The van der Waals surface area contributed by atoms with E-state index in [9.17, 15) is 0 Å². The Morgan fingerprint density at radius 3 is 3.05 bits per heavy atom. The Morgan fingerprint density at radius 2 is 2.24 bits per heavy atom. The zero-order valence-corrected chi connectivity index (χ0v) is 12.6. The summed E-state index contributed by atoms with van der Waals surface area (Å²) in [6.45, 7) is 3.59. The van der Waals surface area contributed by atoms with Crippen molar-refractivity contribution in [2.75, 3.05) is 6.54 Å². The van der Waals surface area contributed by atoms with E-state index >= 15 is 0 Å². The molecule has 5 nitrogen and oxygen atoms in total. The number of hydrogen-bond acceptors (Lipinski definition) is 6. The molecular formula is C15H16N4OS. The highest BCUT2D eigenvalue weighted by Crippen LogP contribution is 2.37. The predicted molar refractivity (Wildman–Crippen MR) is 81.0 cm³/mol. The summed E-state index contributed by atoms with van der Waals surface area (Å²) in [7, 11) is 0. The van der Waals surface area contributed by atoms with E-state index in [0.29, 0.717) is 24.4 Å². The van der Waals surface area contributed by atoms with Gasteiger partial charge in [-0.1, -0.05) is 12.1 Å². The molecule has 0 amide bonds. The minimum atomic E-state index is 0.370. The van der Waals surface area contributed by atoms with E-state index in [-0.39, 0.29) is 0 Å². The minimum absolute atomic E-state index is 0.370. The van der Waals surface area contributed by atoms with Gasteiger partial charge in [0.05, 0.1) is 22.8 Å². The third kappa shape index (κ3) is 2.45. The summed E-state index contributed by atoms with van der Waals surface area (Å²) in [5, 5.41) is 9.21. The Balaban J connectivity index is 1.60. The van der Waals surface area contributed by atoms with Crippen LogP contribution >= 0.6 is 11.3 Å². The minimum Gasteiger partial charge on any atom is -0.424 e. The smallest absolute Gasteiger partial charge is 0.230 e. The van der Waals surface area contributed by atoms with Crippen LogP contribution in [0.1, 0.15) is 35.7 Å². The number of rotatable bonds is 3. The van der Waals surface area contributed by atoms with Gasteiger partial charge in [-0.05, 0) is 31.5 Å². The van der Waals surface area contributed by atoms with Crippen molar-refractivity contribution in [3.05, 3.63) is 41.1 Å². The Kier molecular flexibility index (Phi) is 3.20. The largest absolute Gasteiger partial charge is 0.424 e. The van der Waals surface area contributed by atoms with Crippen LogP contribution in [0.4, 0.5) is 0 Å². The standard InChI is InChI=1S/C15H16N4OS/c1-10-17-18-14(20-10)9-19-8-4-6-12(19)15-16-11-5-2-3-7-13(11)21-15/h2-3,5,7,12H,4,6,8-9H2,1H3. The average molecular weight is 300 g/mol. The number of aryl methyl sites for hydroxylation is 1. The second-order valence-electron chi connectivity index (χ2n) is 5.36. The van der Waals surface area contributed by atoms with Crippen LogP contribution in [0.5, 0.6) is 0 Å². The third-order valence-electron chi connectivity index (χ3n) is 3.87. The lowest BCUT2D eigenvalue weighted by atomic mass is 10.2. The molecule has 1 saturated heterocycles. The molecule has 2 aromatic heterocycles. The lowest BCUT2D eigenvalue weighted by Crippen LogP contribution is -2.22. The van der Waals surface area contributed by atoms with Gasteiger partial charge < -0.3 is 4.42 Å². The number of fused-ring (bicyclic) bond motifs is 1. The fourth-order valence-corrected chi connectivity index (χ4v) is 4.04. The predicted octanol–water partition coefficient (Wildman–Crippen LogP) is 3.32. The topological polar surface area (TPSA) is 55.1 Å². The van der Waals surface area contributed by atoms with Crippen molar-refractivity contribution in [2.45, 2.75) is 32.4 Å². The molecule has 1 aliphatic rings. The molecule has 1 fully saturated rings. The summed E-state index contributed by atoms with van der Waals surface area (Å²) >= 11 is 1.79. The molecule has 21 heavy (non-hydrogen) atoms. The zero-order chi connectivity index (χ0) is 14.2. The van der Waals surface area contributed by atoms with Crippen LogP contribution in [0.3, 0.4) is 0 Å². The summed E-state index contributed by atoms with van der Waals surface area (Å²) in [6, 6.07) is 8.69. The first-order valence-corrected chi connectivity index (χ1v) is 8.00. The molecule has 0 aliphatic carbocycles. The van der Waals surface area contributed by atoms with Gasteiger partial charge in [0.25, 0.3) is 0 Å². The van der Waals surface area contributed by atoms with Crippen molar-refractivity contribution in [3.8, 4) is 0 Å². The highest BCUT2D eigenvalue weighted by atomic mass is 32.1. The number of nitrogens with zero attached hydrogens (tertiary/aromatic N) is 4. The molecule has 1 unspecified atom stereocenters. The van der Waals surface area contributed by atoms with Gasteiger partial charge in [0.1, 0.15) is 5.01 Å². The van der Waals surface area contributed by atoms with Crippen LogP contribution in [0, 0.1) is 6.92 Å².